The maximum Gasteiger partial charge on any atom is 0.291 e. The maximum atomic E-state index is 12.5. The third-order valence-electron chi connectivity index (χ3n) is 5.42. The van der Waals surface area contributed by atoms with E-state index in [4.69, 9.17) is 4.74 Å². The Morgan fingerprint density at radius 3 is 2.52 bits per heavy atom. The maximum absolute atomic E-state index is 12.5. The smallest absolute Gasteiger partial charge is 0.291 e. The molecule has 1 aromatic heterocycles. The van der Waals surface area contributed by atoms with Crippen molar-refractivity contribution < 1.29 is 17.9 Å². The quantitative estimate of drug-likeness (QED) is 0.756. The lowest BCUT2D eigenvalue weighted by molar-refractivity contribution is 0.0321. The Labute approximate surface area is 148 Å². The molecule has 1 spiro atoms. The van der Waals surface area contributed by atoms with Crippen LogP contribution in [0.5, 0.6) is 0 Å². The Hall–Kier alpha value is -1.58. The molecule has 25 heavy (non-hydrogen) atoms. The van der Waals surface area contributed by atoms with Crippen LogP contribution in [0.25, 0.3) is 0 Å². The van der Waals surface area contributed by atoms with E-state index < -0.39 is 10.0 Å². The summed E-state index contributed by atoms with van der Waals surface area (Å²) in [6.07, 6.45) is 5.88. The van der Waals surface area contributed by atoms with Gasteiger partial charge in [-0.25, -0.2) is 22.7 Å². The van der Waals surface area contributed by atoms with Crippen LogP contribution >= 0.6 is 0 Å². The average molecular weight is 368 g/mol. The number of piperidine rings is 1. The first kappa shape index (κ1) is 18.2. The van der Waals surface area contributed by atoms with Crippen LogP contribution in [0.1, 0.15) is 23.5 Å². The summed E-state index contributed by atoms with van der Waals surface area (Å²) < 4.78 is 30.8. The fourth-order valence-electron chi connectivity index (χ4n) is 3.94. The predicted octanol–water partition coefficient (Wildman–Crippen LogP) is 0.237. The molecule has 0 N–H and O–H groups in total. The first-order valence-electron chi connectivity index (χ1n) is 8.36. The van der Waals surface area contributed by atoms with Gasteiger partial charge in [-0.3, -0.25) is 4.79 Å². The van der Waals surface area contributed by atoms with Crippen molar-refractivity contribution in [2.24, 2.45) is 11.3 Å². The minimum atomic E-state index is -3.22. The number of amides is 1. The van der Waals surface area contributed by atoms with E-state index in [2.05, 4.69) is 9.97 Å². The largest absolute Gasteiger partial charge is 0.384 e. The summed E-state index contributed by atoms with van der Waals surface area (Å²) in [6, 6.07) is 1.68. The molecule has 2 saturated heterocycles. The van der Waals surface area contributed by atoms with Crippen LogP contribution in [-0.2, 0) is 14.8 Å². The predicted molar refractivity (Wildman–Crippen MR) is 91.4 cm³/mol. The van der Waals surface area contributed by atoms with Crippen molar-refractivity contribution in [2.45, 2.75) is 12.8 Å². The third-order valence-corrected chi connectivity index (χ3v) is 6.64. The number of likely N-dealkylation sites (tertiary alicyclic amines) is 1. The normalized spacial score (nSPS) is 23.9. The molecule has 138 valence electrons. The van der Waals surface area contributed by atoms with E-state index in [0.29, 0.717) is 32.8 Å². The molecule has 0 aliphatic carbocycles. The molecule has 8 nitrogen and oxygen atoms in total. The van der Waals surface area contributed by atoms with E-state index in [1.165, 1.54) is 6.26 Å². The van der Waals surface area contributed by atoms with Gasteiger partial charge in [0.1, 0.15) is 0 Å². The standard InChI is InChI=1S/C16H24N4O4S/c1-24-11-13-10-20(25(2,22)23)12-16(13)4-8-19(9-5-16)15(21)14-17-6-3-7-18-14/h3,6-7,13H,4-5,8-12H2,1-2H3/t13-/m0/s1. The van der Waals surface area contributed by atoms with Gasteiger partial charge in [-0.15, -0.1) is 0 Å². The second-order valence-electron chi connectivity index (χ2n) is 6.93. The first-order chi connectivity index (χ1) is 11.9. The molecule has 2 fully saturated rings. The van der Waals surface area contributed by atoms with Gasteiger partial charge in [0, 0.05) is 51.6 Å². The van der Waals surface area contributed by atoms with E-state index in [1.807, 2.05) is 0 Å². The van der Waals surface area contributed by atoms with Gasteiger partial charge in [0.2, 0.25) is 15.8 Å². The fourth-order valence-corrected chi connectivity index (χ4v) is 4.88. The Morgan fingerprint density at radius 1 is 1.32 bits per heavy atom. The summed E-state index contributed by atoms with van der Waals surface area (Å²) in [7, 11) is -1.58. The number of sulfonamides is 1. The molecule has 0 unspecified atom stereocenters. The number of carbonyl (C=O) groups excluding carboxylic acids is 1. The zero-order valence-corrected chi connectivity index (χ0v) is 15.4. The highest BCUT2D eigenvalue weighted by Crippen LogP contribution is 2.45. The number of rotatable bonds is 4. The summed E-state index contributed by atoms with van der Waals surface area (Å²) in [5.41, 5.74) is -0.132. The van der Waals surface area contributed by atoms with Crippen LogP contribution in [0, 0.1) is 11.3 Å². The second-order valence-corrected chi connectivity index (χ2v) is 8.92. The average Bonchev–Trinajstić information content (AvgIpc) is 2.95. The van der Waals surface area contributed by atoms with Crippen molar-refractivity contribution in [3.8, 4) is 0 Å². The van der Waals surface area contributed by atoms with Crippen LogP contribution in [0.2, 0.25) is 0 Å². The number of methoxy groups -OCH3 is 1. The lowest BCUT2D eigenvalue weighted by atomic mass is 9.71. The van der Waals surface area contributed by atoms with Crippen molar-refractivity contribution in [1.82, 2.24) is 19.2 Å². The van der Waals surface area contributed by atoms with Crippen molar-refractivity contribution in [3.63, 3.8) is 0 Å². The van der Waals surface area contributed by atoms with Crippen LogP contribution in [0.15, 0.2) is 18.5 Å². The molecule has 1 atom stereocenters. The van der Waals surface area contributed by atoms with Crippen molar-refractivity contribution in [3.05, 3.63) is 24.3 Å². The second kappa shape index (κ2) is 6.97. The summed E-state index contributed by atoms with van der Waals surface area (Å²) in [5.74, 6) is 0.185. The number of hydrogen-bond donors (Lipinski definition) is 0. The number of carbonyl (C=O) groups is 1. The Kier molecular flexibility index (Phi) is 5.08. The molecule has 2 aliphatic heterocycles. The van der Waals surface area contributed by atoms with Gasteiger partial charge in [-0.1, -0.05) is 0 Å². The minimum absolute atomic E-state index is 0.132. The van der Waals surface area contributed by atoms with Crippen LogP contribution in [-0.4, -0.2) is 79.6 Å². The summed E-state index contributed by atoms with van der Waals surface area (Å²) >= 11 is 0. The summed E-state index contributed by atoms with van der Waals surface area (Å²) in [4.78, 5) is 22.3. The Morgan fingerprint density at radius 2 is 1.96 bits per heavy atom. The molecule has 1 aromatic rings. The lowest BCUT2D eigenvalue weighted by Crippen LogP contribution is -2.47. The zero-order valence-electron chi connectivity index (χ0n) is 14.6. The molecule has 0 bridgehead atoms. The zero-order chi connectivity index (χ0) is 18.1. The van der Waals surface area contributed by atoms with Crippen LogP contribution in [0.3, 0.4) is 0 Å². The number of aromatic nitrogens is 2. The monoisotopic (exact) mass is 368 g/mol. The molecule has 0 radical (unpaired) electrons. The number of hydrogen-bond acceptors (Lipinski definition) is 6. The molecular formula is C16H24N4O4S. The summed E-state index contributed by atoms with van der Waals surface area (Å²) in [5, 5.41) is 0. The van der Waals surface area contributed by atoms with E-state index in [9.17, 15) is 13.2 Å². The lowest BCUT2D eigenvalue weighted by Gasteiger charge is -2.42. The van der Waals surface area contributed by atoms with Gasteiger partial charge in [0.05, 0.1) is 12.9 Å². The molecule has 9 heteroatoms. The van der Waals surface area contributed by atoms with Gasteiger partial charge in [0.25, 0.3) is 5.91 Å². The van der Waals surface area contributed by atoms with Crippen molar-refractivity contribution in [1.29, 1.82) is 0 Å². The highest BCUT2D eigenvalue weighted by Gasteiger charge is 2.50. The molecule has 0 aromatic carbocycles. The van der Waals surface area contributed by atoms with Gasteiger partial charge in [-0.05, 0) is 24.3 Å². The van der Waals surface area contributed by atoms with E-state index in [-0.39, 0.29) is 23.1 Å². The van der Waals surface area contributed by atoms with Crippen molar-refractivity contribution >= 4 is 15.9 Å². The number of ether oxygens (including phenoxy) is 1. The van der Waals surface area contributed by atoms with E-state index in [0.717, 1.165) is 12.8 Å². The SMILES string of the molecule is COC[C@@H]1CN(S(C)(=O)=O)CC12CCN(C(=O)c1ncccn1)CC2. The highest BCUT2D eigenvalue weighted by molar-refractivity contribution is 7.88. The molecule has 3 heterocycles. The fraction of sp³-hybridized carbons (Fsp3) is 0.688. The number of nitrogens with zero attached hydrogens (tertiary/aromatic N) is 4. The first-order valence-corrected chi connectivity index (χ1v) is 10.2. The van der Waals surface area contributed by atoms with Gasteiger partial charge in [0.15, 0.2) is 0 Å². The highest BCUT2D eigenvalue weighted by atomic mass is 32.2. The van der Waals surface area contributed by atoms with Crippen LogP contribution in [0.4, 0.5) is 0 Å². The molecular weight excluding hydrogens is 344 g/mol. The van der Waals surface area contributed by atoms with Crippen LogP contribution < -0.4 is 0 Å². The molecule has 3 rings (SSSR count). The molecule has 0 saturated carbocycles. The third kappa shape index (κ3) is 3.68. The van der Waals surface area contributed by atoms with Gasteiger partial charge >= 0.3 is 0 Å². The van der Waals surface area contributed by atoms with Gasteiger partial charge in [-0.2, -0.15) is 0 Å². The molecule has 1 amide bonds. The van der Waals surface area contributed by atoms with Gasteiger partial charge < -0.3 is 9.64 Å². The van der Waals surface area contributed by atoms with Crippen molar-refractivity contribution in [2.75, 3.05) is 46.2 Å². The topological polar surface area (TPSA) is 92.7 Å². The van der Waals surface area contributed by atoms with E-state index in [1.54, 1.807) is 34.8 Å². The Bertz CT molecular complexity index is 717. The Balaban J connectivity index is 1.71. The molecule has 2 aliphatic rings. The van der Waals surface area contributed by atoms with E-state index >= 15 is 0 Å². The minimum Gasteiger partial charge on any atom is -0.384 e. The summed E-state index contributed by atoms with van der Waals surface area (Å²) in [6.45, 7) is 2.68.